The molecule has 0 fully saturated rings. The average Bonchev–Trinajstić information content (AvgIpc) is 1.97. The molecule has 0 N–H and O–H groups in total. The highest BCUT2D eigenvalue weighted by Gasteiger charge is 2.14. The third-order valence-corrected chi connectivity index (χ3v) is 2.71. The van der Waals surface area contributed by atoms with Crippen LogP contribution in [0.25, 0.3) is 0 Å². The van der Waals surface area contributed by atoms with E-state index >= 15 is 0 Å². The summed E-state index contributed by atoms with van der Waals surface area (Å²) in [4.78, 5) is 0. The molecule has 0 heterocycles. The molecule has 0 aliphatic carbocycles. The Kier molecular flexibility index (Phi) is 3.34. The molecular formula is C7H4Cl2F2O2S. The fourth-order valence-corrected chi connectivity index (χ4v) is 2.00. The third-order valence-electron chi connectivity index (χ3n) is 1.42. The molecule has 0 bridgehead atoms. The lowest BCUT2D eigenvalue weighted by Crippen LogP contribution is -1.98. The Morgan fingerprint density at radius 3 is 2.29 bits per heavy atom. The zero-order valence-corrected chi connectivity index (χ0v) is 8.93. The van der Waals surface area contributed by atoms with E-state index in [1.54, 1.807) is 0 Å². The first-order valence-electron chi connectivity index (χ1n) is 3.35. The Balaban J connectivity index is 3.17. The molecule has 0 aliphatic heterocycles. The molecular weight excluding hydrogens is 257 g/mol. The highest BCUT2D eigenvalue weighted by atomic mass is 35.5. The molecule has 78 valence electrons. The number of hydrogen-bond acceptors (Lipinski definition) is 2. The van der Waals surface area contributed by atoms with E-state index < -0.39 is 21.8 Å². The standard InChI is InChI=1S/C7H4Cl2F2O2S/c8-5-2-6(9)7(10)1-4(5)3-14(11,12)13/h1-2H,3H2. The molecule has 7 heteroatoms. The van der Waals surface area contributed by atoms with Gasteiger partial charge in [0.15, 0.2) is 0 Å². The monoisotopic (exact) mass is 260 g/mol. The van der Waals surface area contributed by atoms with Crippen molar-refractivity contribution in [3.8, 4) is 0 Å². The van der Waals surface area contributed by atoms with Crippen LogP contribution in [0.2, 0.25) is 10.0 Å². The lowest BCUT2D eigenvalue weighted by Gasteiger charge is -2.02. The van der Waals surface area contributed by atoms with Crippen molar-refractivity contribution in [1.82, 2.24) is 0 Å². The second-order valence-electron chi connectivity index (χ2n) is 2.54. The topological polar surface area (TPSA) is 34.1 Å². The van der Waals surface area contributed by atoms with E-state index in [4.69, 9.17) is 23.2 Å². The second-order valence-corrected chi connectivity index (χ2v) is 4.72. The molecule has 2 nitrogen and oxygen atoms in total. The minimum Gasteiger partial charge on any atom is -0.205 e. The predicted octanol–water partition coefficient (Wildman–Crippen LogP) is 2.93. The third kappa shape index (κ3) is 3.08. The van der Waals surface area contributed by atoms with Gasteiger partial charge < -0.3 is 0 Å². The molecule has 1 aromatic carbocycles. The van der Waals surface area contributed by atoms with Crippen LogP contribution in [0, 0.1) is 5.82 Å². The van der Waals surface area contributed by atoms with Crippen molar-refractivity contribution < 1.29 is 16.7 Å². The van der Waals surface area contributed by atoms with Crippen LogP contribution in [0.3, 0.4) is 0 Å². The van der Waals surface area contributed by atoms with Crippen LogP contribution >= 0.6 is 23.2 Å². The summed E-state index contributed by atoms with van der Waals surface area (Å²) in [7, 11) is -4.72. The second kappa shape index (κ2) is 4.00. The van der Waals surface area contributed by atoms with Gasteiger partial charge in [-0.3, -0.25) is 0 Å². The first-order valence-corrected chi connectivity index (χ1v) is 5.66. The summed E-state index contributed by atoms with van der Waals surface area (Å²) in [5, 5.41) is -0.326. The molecule has 0 unspecified atom stereocenters. The van der Waals surface area contributed by atoms with E-state index in [-0.39, 0.29) is 15.6 Å². The molecule has 0 radical (unpaired) electrons. The minimum absolute atomic E-state index is 0.0855. The van der Waals surface area contributed by atoms with Crippen molar-refractivity contribution >= 4 is 33.4 Å². The van der Waals surface area contributed by atoms with Crippen molar-refractivity contribution in [2.45, 2.75) is 5.75 Å². The average molecular weight is 261 g/mol. The minimum atomic E-state index is -4.72. The Labute approximate surface area is 89.7 Å². The number of hydrogen-bond donors (Lipinski definition) is 0. The van der Waals surface area contributed by atoms with Gasteiger partial charge in [-0.1, -0.05) is 23.2 Å². The molecule has 1 aromatic rings. The smallest absolute Gasteiger partial charge is 0.205 e. The number of rotatable bonds is 2. The van der Waals surface area contributed by atoms with Gasteiger partial charge in [-0.05, 0) is 17.7 Å². The molecule has 0 atom stereocenters. The number of halogens is 4. The van der Waals surface area contributed by atoms with E-state index in [9.17, 15) is 16.7 Å². The van der Waals surface area contributed by atoms with E-state index in [1.165, 1.54) is 0 Å². The summed E-state index contributed by atoms with van der Waals surface area (Å²) in [6.45, 7) is 0. The molecule has 0 spiro atoms. The van der Waals surface area contributed by atoms with Crippen LogP contribution in [0.4, 0.5) is 8.28 Å². The maximum Gasteiger partial charge on any atom is 0.306 e. The van der Waals surface area contributed by atoms with Crippen molar-refractivity contribution in [1.29, 1.82) is 0 Å². The summed E-state index contributed by atoms with van der Waals surface area (Å²) in [6.07, 6.45) is 0. The summed E-state index contributed by atoms with van der Waals surface area (Å²) in [5.41, 5.74) is -0.156. The van der Waals surface area contributed by atoms with Gasteiger partial charge in [0.05, 0.1) is 5.02 Å². The lowest BCUT2D eigenvalue weighted by molar-refractivity contribution is 0.551. The quantitative estimate of drug-likeness (QED) is 0.605. The van der Waals surface area contributed by atoms with E-state index in [0.717, 1.165) is 12.1 Å². The molecule has 0 amide bonds. The van der Waals surface area contributed by atoms with Gasteiger partial charge in [0, 0.05) is 5.02 Å². The largest absolute Gasteiger partial charge is 0.306 e. The normalized spacial score (nSPS) is 11.7. The summed E-state index contributed by atoms with van der Waals surface area (Å²) in [5.74, 6) is -1.80. The van der Waals surface area contributed by atoms with Gasteiger partial charge in [-0.25, -0.2) is 4.39 Å². The van der Waals surface area contributed by atoms with Gasteiger partial charge in [0.2, 0.25) is 0 Å². The van der Waals surface area contributed by atoms with E-state index in [2.05, 4.69) is 0 Å². The summed E-state index contributed by atoms with van der Waals surface area (Å²) in [6, 6.07) is 1.82. The van der Waals surface area contributed by atoms with E-state index in [1.807, 2.05) is 0 Å². The van der Waals surface area contributed by atoms with Crippen LogP contribution in [-0.2, 0) is 16.0 Å². The number of benzene rings is 1. The van der Waals surface area contributed by atoms with Crippen LogP contribution in [-0.4, -0.2) is 8.42 Å². The van der Waals surface area contributed by atoms with Crippen LogP contribution in [0.5, 0.6) is 0 Å². The molecule has 0 saturated heterocycles. The highest BCUT2D eigenvalue weighted by Crippen LogP contribution is 2.25. The zero-order chi connectivity index (χ0) is 10.9. The van der Waals surface area contributed by atoms with Crippen LogP contribution < -0.4 is 0 Å². The summed E-state index contributed by atoms with van der Waals surface area (Å²) >= 11 is 10.9. The first kappa shape index (κ1) is 11.7. The first-order chi connectivity index (χ1) is 6.29. The molecule has 14 heavy (non-hydrogen) atoms. The van der Waals surface area contributed by atoms with Crippen molar-refractivity contribution in [3.63, 3.8) is 0 Å². The van der Waals surface area contributed by atoms with Crippen molar-refractivity contribution in [2.24, 2.45) is 0 Å². The van der Waals surface area contributed by atoms with Gasteiger partial charge in [-0.15, -0.1) is 3.89 Å². The molecule has 0 saturated carbocycles. The SMILES string of the molecule is O=S(=O)(F)Cc1cc(F)c(Cl)cc1Cl. The fourth-order valence-electron chi connectivity index (χ4n) is 0.860. The van der Waals surface area contributed by atoms with Gasteiger partial charge in [0.25, 0.3) is 0 Å². The van der Waals surface area contributed by atoms with Crippen molar-refractivity contribution in [2.75, 3.05) is 0 Å². The maximum atomic E-state index is 12.8. The van der Waals surface area contributed by atoms with Crippen molar-refractivity contribution in [3.05, 3.63) is 33.6 Å². The molecule has 0 aromatic heterocycles. The Morgan fingerprint density at radius 2 is 1.79 bits per heavy atom. The van der Waals surface area contributed by atoms with E-state index in [0.29, 0.717) is 0 Å². The lowest BCUT2D eigenvalue weighted by atomic mass is 10.2. The van der Waals surface area contributed by atoms with Crippen LogP contribution in [0.1, 0.15) is 5.56 Å². The van der Waals surface area contributed by atoms with Gasteiger partial charge >= 0.3 is 10.2 Å². The molecule has 1 rings (SSSR count). The summed E-state index contributed by atoms with van der Waals surface area (Å²) < 4.78 is 45.6. The van der Waals surface area contributed by atoms with Gasteiger partial charge in [0.1, 0.15) is 11.6 Å². The molecule has 0 aliphatic rings. The van der Waals surface area contributed by atoms with Crippen LogP contribution in [0.15, 0.2) is 12.1 Å². The van der Waals surface area contributed by atoms with Gasteiger partial charge in [-0.2, -0.15) is 8.42 Å². The Morgan fingerprint density at radius 1 is 1.21 bits per heavy atom. The zero-order valence-electron chi connectivity index (χ0n) is 6.60. The predicted molar refractivity (Wildman–Crippen MR) is 50.2 cm³/mol. The Hall–Kier alpha value is -0.390. The maximum absolute atomic E-state index is 12.8. The fraction of sp³-hybridized carbons (Fsp3) is 0.143. The Bertz CT molecular complexity index is 459. The highest BCUT2D eigenvalue weighted by molar-refractivity contribution is 7.85.